The first-order valence-electron chi connectivity index (χ1n) is 7.18. The molecule has 0 saturated heterocycles. The molecule has 0 aliphatic carbocycles. The van der Waals surface area contributed by atoms with E-state index in [0.717, 1.165) is 0 Å². The summed E-state index contributed by atoms with van der Waals surface area (Å²) in [6.45, 7) is -0.202. The van der Waals surface area contributed by atoms with E-state index >= 15 is 0 Å². The van der Waals surface area contributed by atoms with E-state index in [-0.39, 0.29) is 18.1 Å². The van der Waals surface area contributed by atoms with E-state index in [1.807, 2.05) is 0 Å². The highest BCUT2D eigenvalue weighted by molar-refractivity contribution is 5.87. The number of hydrogen-bond donors (Lipinski definition) is 3. The van der Waals surface area contributed by atoms with Crippen molar-refractivity contribution in [1.29, 1.82) is 0 Å². The molecule has 0 spiro atoms. The van der Waals surface area contributed by atoms with Crippen molar-refractivity contribution < 1.29 is 29.6 Å². The molecule has 0 unspecified atom stereocenters. The van der Waals surface area contributed by atoms with E-state index in [1.165, 1.54) is 37.5 Å². The summed E-state index contributed by atoms with van der Waals surface area (Å²) in [7, 11) is 1.43. The molecule has 0 heterocycles. The maximum Gasteiger partial charge on any atom is 0.330 e. The number of aliphatic hydroxyl groups is 1. The van der Waals surface area contributed by atoms with E-state index in [2.05, 4.69) is 0 Å². The lowest BCUT2D eigenvalue weighted by molar-refractivity contribution is -0.140. The lowest BCUT2D eigenvalue weighted by Gasteiger charge is -2.10. The third kappa shape index (κ3) is 4.76. The number of aromatic hydroxyl groups is 2. The van der Waals surface area contributed by atoms with Crippen molar-refractivity contribution in [3.8, 4) is 17.2 Å². The molecule has 2 aromatic rings. The van der Waals surface area contributed by atoms with Gasteiger partial charge in [0.1, 0.15) is 18.5 Å². The van der Waals surface area contributed by atoms with Gasteiger partial charge in [-0.1, -0.05) is 18.2 Å². The number of methoxy groups -OCH3 is 1. The molecule has 0 bridgehead atoms. The minimum atomic E-state index is -0.975. The number of carbonyl (C=O) groups is 1. The predicted octanol–water partition coefficient (Wildman–Crippen LogP) is 2.40. The number of ether oxygens (including phenoxy) is 2. The van der Waals surface area contributed by atoms with Gasteiger partial charge in [-0.3, -0.25) is 0 Å². The second-order valence-corrected chi connectivity index (χ2v) is 5.00. The normalized spacial score (nSPS) is 12.1. The second kappa shape index (κ2) is 8.03. The van der Waals surface area contributed by atoms with Crippen LogP contribution in [0.2, 0.25) is 0 Å². The van der Waals surface area contributed by atoms with Crippen LogP contribution in [0.15, 0.2) is 48.5 Å². The van der Waals surface area contributed by atoms with Crippen LogP contribution < -0.4 is 4.74 Å². The molecule has 24 heavy (non-hydrogen) atoms. The molecule has 0 aromatic heterocycles. The quantitative estimate of drug-likeness (QED) is 0.556. The Bertz CT molecular complexity index is 721. The van der Waals surface area contributed by atoms with E-state index in [4.69, 9.17) is 9.47 Å². The molecule has 0 aliphatic rings. The summed E-state index contributed by atoms with van der Waals surface area (Å²) >= 11 is 0. The Balaban J connectivity index is 1.89. The average molecular weight is 330 g/mol. The van der Waals surface area contributed by atoms with Crippen molar-refractivity contribution in [3.63, 3.8) is 0 Å². The standard InChI is InChI=1S/C18H18O6/c1-23-17-10-12(2-8-15(17)20)3-9-18(22)24-11-16(21)13-4-6-14(19)7-5-13/h2-10,16,19-21H,11H2,1H3/b9-3+/t16-/m1/s1. The van der Waals surface area contributed by atoms with Gasteiger partial charge in [-0.15, -0.1) is 0 Å². The maximum absolute atomic E-state index is 11.7. The van der Waals surface area contributed by atoms with Gasteiger partial charge in [-0.25, -0.2) is 4.79 Å². The Hall–Kier alpha value is -2.99. The Morgan fingerprint density at radius 1 is 1.17 bits per heavy atom. The van der Waals surface area contributed by atoms with E-state index < -0.39 is 12.1 Å². The van der Waals surface area contributed by atoms with Gasteiger partial charge in [0.15, 0.2) is 11.5 Å². The Labute approximate surface area is 139 Å². The second-order valence-electron chi connectivity index (χ2n) is 5.00. The summed E-state index contributed by atoms with van der Waals surface area (Å²) < 4.78 is 9.95. The van der Waals surface area contributed by atoms with Gasteiger partial charge >= 0.3 is 5.97 Å². The number of hydrogen-bond acceptors (Lipinski definition) is 6. The number of aliphatic hydroxyl groups excluding tert-OH is 1. The van der Waals surface area contributed by atoms with Crippen molar-refractivity contribution in [2.75, 3.05) is 13.7 Å². The predicted molar refractivity (Wildman–Crippen MR) is 87.7 cm³/mol. The molecule has 2 rings (SSSR count). The lowest BCUT2D eigenvalue weighted by Crippen LogP contribution is -2.10. The Morgan fingerprint density at radius 2 is 1.88 bits per heavy atom. The first-order valence-corrected chi connectivity index (χ1v) is 7.18. The third-order valence-electron chi connectivity index (χ3n) is 3.28. The topological polar surface area (TPSA) is 96.2 Å². The number of esters is 1. The van der Waals surface area contributed by atoms with Gasteiger partial charge < -0.3 is 24.8 Å². The van der Waals surface area contributed by atoms with Crippen LogP contribution in [0.25, 0.3) is 6.08 Å². The summed E-state index contributed by atoms with van der Waals surface area (Å²) in [5, 5.41) is 28.6. The Kier molecular flexibility index (Phi) is 5.81. The molecular formula is C18H18O6. The largest absolute Gasteiger partial charge is 0.508 e. The summed E-state index contributed by atoms with van der Waals surface area (Å²) in [5.74, 6) is -0.211. The molecule has 0 fully saturated rings. The van der Waals surface area contributed by atoms with Crippen molar-refractivity contribution in [3.05, 3.63) is 59.7 Å². The van der Waals surface area contributed by atoms with Crippen LogP contribution in [0, 0.1) is 0 Å². The van der Waals surface area contributed by atoms with Gasteiger partial charge in [0.25, 0.3) is 0 Å². The van der Waals surface area contributed by atoms with Crippen LogP contribution in [0.5, 0.6) is 17.2 Å². The smallest absolute Gasteiger partial charge is 0.330 e. The monoisotopic (exact) mass is 330 g/mol. The lowest BCUT2D eigenvalue weighted by atomic mass is 10.1. The molecular weight excluding hydrogens is 312 g/mol. The average Bonchev–Trinajstić information content (AvgIpc) is 2.59. The van der Waals surface area contributed by atoms with Crippen LogP contribution >= 0.6 is 0 Å². The summed E-state index contributed by atoms with van der Waals surface area (Å²) in [4.78, 5) is 11.7. The number of phenolic OH excluding ortho intramolecular Hbond substituents is 2. The molecule has 6 heteroatoms. The zero-order valence-electron chi connectivity index (χ0n) is 13.0. The number of carbonyl (C=O) groups excluding carboxylic acids is 1. The van der Waals surface area contributed by atoms with Crippen LogP contribution in [-0.2, 0) is 9.53 Å². The van der Waals surface area contributed by atoms with Crippen molar-refractivity contribution >= 4 is 12.0 Å². The number of rotatable bonds is 6. The molecule has 2 aromatic carbocycles. The van der Waals surface area contributed by atoms with Crippen LogP contribution in [-0.4, -0.2) is 35.0 Å². The summed E-state index contributed by atoms with van der Waals surface area (Å²) in [5.41, 5.74) is 1.19. The third-order valence-corrected chi connectivity index (χ3v) is 3.28. The SMILES string of the molecule is COc1cc(/C=C/C(=O)OC[C@@H](O)c2ccc(O)cc2)ccc1O. The van der Waals surface area contributed by atoms with Crippen molar-refractivity contribution in [2.24, 2.45) is 0 Å². The first kappa shape index (κ1) is 17.4. The summed E-state index contributed by atoms with van der Waals surface area (Å²) in [6, 6.07) is 10.6. The van der Waals surface area contributed by atoms with Gasteiger partial charge in [0, 0.05) is 6.08 Å². The molecule has 6 nitrogen and oxygen atoms in total. The van der Waals surface area contributed by atoms with Gasteiger partial charge in [-0.05, 0) is 41.5 Å². The van der Waals surface area contributed by atoms with Gasteiger partial charge in [0.05, 0.1) is 7.11 Å². The van der Waals surface area contributed by atoms with E-state index in [0.29, 0.717) is 16.9 Å². The summed E-state index contributed by atoms with van der Waals surface area (Å²) in [6.07, 6.45) is 1.75. The van der Waals surface area contributed by atoms with Gasteiger partial charge in [0.2, 0.25) is 0 Å². The fraction of sp³-hybridized carbons (Fsp3) is 0.167. The van der Waals surface area contributed by atoms with Crippen LogP contribution in [0.3, 0.4) is 0 Å². The highest BCUT2D eigenvalue weighted by Gasteiger charge is 2.10. The molecule has 0 aliphatic heterocycles. The molecule has 1 atom stereocenters. The van der Waals surface area contributed by atoms with Crippen LogP contribution in [0.4, 0.5) is 0 Å². The minimum absolute atomic E-state index is 0.00856. The number of benzene rings is 2. The molecule has 126 valence electrons. The van der Waals surface area contributed by atoms with E-state index in [9.17, 15) is 20.1 Å². The molecule has 0 amide bonds. The number of phenols is 2. The van der Waals surface area contributed by atoms with Crippen LogP contribution in [0.1, 0.15) is 17.2 Å². The molecule has 0 saturated carbocycles. The molecule has 3 N–H and O–H groups in total. The van der Waals surface area contributed by atoms with Crippen molar-refractivity contribution in [2.45, 2.75) is 6.10 Å². The zero-order chi connectivity index (χ0) is 17.5. The van der Waals surface area contributed by atoms with Gasteiger partial charge in [-0.2, -0.15) is 0 Å². The van der Waals surface area contributed by atoms with Crippen molar-refractivity contribution in [1.82, 2.24) is 0 Å². The maximum atomic E-state index is 11.7. The highest BCUT2D eigenvalue weighted by atomic mass is 16.5. The Morgan fingerprint density at radius 3 is 2.54 bits per heavy atom. The molecule has 0 radical (unpaired) electrons. The zero-order valence-corrected chi connectivity index (χ0v) is 13.0. The van der Waals surface area contributed by atoms with E-state index in [1.54, 1.807) is 24.3 Å². The fourth-order valence-corrected chi connectivity index (χ4v) is 1.96. The fourth-order valence-electron chi connectivity index (χ4n) is 1.96. The minimum Gasteiger partial charge on any atom is -0.508 e. The highest BCUT2D eigenvalue weighted by Crippen LogP contribution is 2.26. The first-order chi connectivity index (χ1) is 11.5.